The van der Waals surface area contributed by atoms with Gasteiger partial charge in [0.15, 0.2) is 5.76 Å². The number of benzene rings is 1. The number of hydrogen-bond acceptors (Lipinski definition) is 6. The number of hydrogen-bond donors (Lipinski definition) is 1. The first kappa shape index (κ1) is 21.6. The third-order valence-electron chi connectivity index (χ3n) is 7.25. The smallest absolute Gasteiger partial charge is 0.223 e. The van der Waals surface area contributed by atoms with E-state index in [2.05, 4.69) is 50.6 Å². The Morgan fingerprint density at radius 3 is 2.84 bits per heavy atom. The predicted molar refractivity (Wildman–Crippen MR) is 121 cm³/mol. The third-order valence-corrected chi connectivity index (χ3v) is 7.25. The Balaban J connectivity index is 1.17. The van der Waals surface area contributed by atoms with Crippen LogP contribution in [0.1, 0.15) is 35.4 Å². The van der Waals surface area contributed by atoms with Crippen molar-refractivity contribution in [1.82, 2.24) is 20.3 Å². The molecule has 0 aliphatic carbocycles. The van der Waals surface area contributed by atoms with Crippen LogP contribution in [-0.2, 0) is 35.5 Å². The van der Waals surface area contributed by atoms with E-state index in [0.717, 1.165) is 89.7 Å². The van der Waals surface area contributed by atoms with Gasteiger partial charge in [-0.25, -0.2) is 0 Å². The third kappa shape index (κ3) is 5.22. The van der Waals surface area contributed by atoms with Crippen LogP contribution in [0.4, 0.5) is 0 Å². The van der Waals surface area contributed by atoms with Crippen LogP contribution in [0.2, 0.25) is 0 Å². The van der Waals surface area contributed by atoms with E-state index in [1.807, 2.05) is 0 Å². The molecule has 7 heteroatoms. The molecule has 2 aromatic rings. The Kier molecular flexibility index (Phi) is 6.86. The minimum Gasteiger partial charge on any atom is -0.379 e. The molecule has 2 saturated heterocycles. The van der Waals surface area contributed by atoms with Crippen molar-refractivity contribution in [1.29, 1.82) is 0 Å². The Bertz CT molecular complexity index is 908. The van der Waals surface area contributed by atoms with Crippen molar-refractivity contribution in [2.75, 3.05) is 45.9 Å². The second kappa shape index (κ2) is 10.1. The molecular formula is C25H34N4O3. The van der Waals surface area contributed by atoms with E-state index in [-0.39, 0.29) is 0 Å². The Morgan fingerprint density at radius 1 is 1.12 bits per heavy atom. The highest BCUT2D eigenvalue weighted by Crippen LogP contribution is 2.28. The lowest BCUT2D eigenvalue weighted by molar-refractivity contribution is -0.133. The van der Waals surface area contributed by atoms with Crippen LogP contribution in [0.3, 0.4) is 0 Å². The van der Waals surface area contributed by atoms with Gasteiger partial charge in [-0.2, -0.15) is 0 Å². The Labute approximate surface area is 190 Å². The number of amides is 1. The van der Waals surface area contributed by atoms with Crippen LogP contribution < -0.4 is 5.32 Å². The SMILES string of the molecule is O=C(C[C@H]1CCNC[C@@H]1Cc1cc(CN2CCOCC2)on1)N1CCc2ccccc2C1. The molecular weight excluding hydrogens is 404 g/mol. The second-order valence-corrected chi connectivity index (χ2v) is 9.43. The summed E-state index contributed by atoms with van der Waals surface area (Å²) in [6.07, 6.45) is 3.50. The molecule has 172 valence electrons. The summed E-state index contributed by atoms with van der Waals surface area (Å²) in [5.74, 6) is 2.02. The summed E-state index contributed by atoms with van der Waals surface area (Å²) in [7, 11) is 0. The standard InChI is InChI=1S/C25H34N4O3/c30-25(29-8-6-19-3-1-2-4-21(19)17-29)14-20-5-7-26-16-22(20)13-23-15-24(32-27-23)18-28-9-11-31-12-10-28/h1-4,15,20,22,26H,5-14,16-18H2/t20-,22+/m1/s1. The van der Waals surface area contributed by atoms with Gasteiger partial charge in [-0.05, 0) is 55.3 Å². The van der Waals surface area contributed by atoms with Crippen molar-refractivity contribution >= 4 is 5.91 Å². The molecule has 4 heterocycles. The first-order valence-electron chi connectivity index (χ1n) is 12.0. The average Bonchev–Trinajstić information content (AvgIpc) is 3.27. The molecule has 0 bridgehead atoms. The minimum absolute atomic E-state index is 0.296. The van der Waals surface area contributed by atoms with E-state index in [0.29, 0.717) is 24.2 Å². The molecule has 1 N–H and O–H groups in total. The van der Waals surface area contributed by atoms with Gasteiger partial charge in [-0.15, -0.1) is 0 Å². The van der Waals surface area contributed by atoms with Crippen molar-refractivity contribution < 1.29 is 14.1 Å². The van der Waals surface area contributed by atoms with Crippen molar-refractivity contribution in [3.8, 4) is 0 Å². The largest absolute Gasteiger partial charge is 0.379 e. The summed E-state index contributed by atoms with van der Waals surface area (Å²) in [5.41, 5.74) is 3.69. The number of morpholine rings is 1. The second-order valence-electron chi connectivity index (χ2n) is 9.43. The summed E-state index contributed by atoms with van der Waals surface area (Å²) in [6, 6.07) is 10.6. The van der Waals surface area contributed by atoms with E-state index >= 15 is 0 Å². The van der Waals surface area contributed by atoms with Crippen molar-refractivity contribution in [3.05, 3.63) is 52.9 Å². The highest BCUT2D eigenvalue weighted by molar-refractivity contribution is 5.76. The van der Waals surface area contributed by atoms with Gasteiger partial charge >= 0.3 is 0 Å². The number of carbonyl (C=O) groups is 1. The van der Waals surface area contributed by atoms with Crippen LogP contribution >= 0.6 is 0 Å². The normalized spacial score (nSPS) is 24.3. The summed E-state index contributed by atoms with van der Waals surface area (Å²) in [6.45, 7) is 7.74. The summed E-state index contributed by atoms with van der Waals surface area (Å²) in [4.78, 5) is 17.6. The first-order valence-corrected chi connectivity index (χ1v) is 12.0. The number of aromatic nitrogens is 1. The van der Waals surface area contributed by atoms with Crippen molar-refractivity contribution in [2.24, 2.45) is 11.8 Å². The Hall–Kier alpha value is -2.22. The number of nitrogens with zero attached hydrogens (tertiary/aromatic N) is 3. The molecule has 0 saturated carbocycles. The fraction of sp³-hybridized carbons (Fsp3) is 0.600. The van der Waals surface area contributed by atoms with E-state index in [1.54, 1.807) is 0 Å². The lowest BCUT2D eigenvalue weighted by atomic mass is 9.80. The molecule has 0 unspecified atom stereocenters. The van der Waals surface area contributed by atoms with Gasteiger partial charge in [-0.1, -0.05) is 29.4 Å². The molecule has 1 aromatic carbocycles. The summed E-state index contributed by atoms with van der Waals surface area (Å²) in [5, 5.41) is 7.87. The zero-order valence-corrected chi connectivity index (χ0v) is 18.8. The van der Waals surface area contributed by atoms with E-state index in [4.69, 9.17) is 9.26 Å². The monoisotopic (exact) mass is 438 g/mol. The van der Waals surface area contributed by atoms with Crippen LogP contribution in [0.25, 0.3) is 0 Å². The summed E-state index contributed by atoms with van der Waals surface area (Å²) >= 11 is 0. The maximum Gasteiger partial charge on any atom is 0.223 e. The zero-order valence-electron chi connectivity index (χ0n) is 18.8. The quantitative estimate of drug-likeness (QED) is 0.746. The van der Waals surface area contributed by atoms with E-state index < -0.39 is 0 Å². The lowest BCUT2D eigenvalue weighted by Gasteiger charge is -2.34. The molecule has 7 nitrogen and oxygen atoms in total. The fourth-order valence-electron chi connectivity index (χ4n) is 5.32. The first-order chi connectivity index (χ1) is 15.7. The van der Waals surface area contributed by atoms with Gasteiger partial charge in [-0.3, -0.25) is 9.69 Å². The number of piperidine rings is 1. The van der Waals surface area contributed by atoms with E-state index in [9.17, 15) is 4.79 Å². The molecule has 32 heavy (non-hydrogen) atoms. The molecule has 1 amide bonds. The minimum atomic E-state index is 0.296. The van der Waals surface area contributed by atoms with Gasteiger partial charge in [0.2, 0.25) is 5.91 Å². The van der Waals surface area contributed by atoms with Crippen LogP contribution in [-0.4, -0.2) is 66.8 Å². The fourth-order valence-corrected chi connectivity index (χ4v) is 5.32. The van der Waals surface area contributed by atoms with Gasteiger partial charge in [0.25, 0.3) is 0 Å². The molecule has 1 aromatic heterocycles. The highest BCUT2D eigenvalue weighted by atomic mass is 16.5. The van der Waals surface area contributed by atoms with Crippen LogP contribution in [0, 0.1) is 11.8 Å². The van der Waals surface area contributed by atoms with Gasteiger partial charge < -0.3 is 19.5 Å². The van der Waals surface area contributed by atoms with Gasteiger partial charge in [0.05, 0.1) is 25.5 Å². The van der Waals surface area contributed by atoms with Crippen molar-refractivity contribution in [2.45, 2.75) is 38.8 Å². The number of nitrogens with one attached hydrogen (secondary N) is 1. The lowest BCUT2D eigenvalue weighted by Crippen LogP contribution is -2.42. The molecule has 5 rings (SSSR count). The van der Waals surface area contributed by atoms with Gasteiger partial charge in [0.1, 0.15) is 0 Å². The summed E-state index contributed by atoms with van der Waals surface area (Å²) < 4.78 is 11.0. The van der Waals surface area contributed by atoms with Crippen molar-refractivity contribution in [3.63, 3.8) is 0 Å². The number of rotatable bonds is 6. The zero-order chi connectivity index (χ0) is 21.8. The highest BCUT2D eigenvalue weighted by Gasteiger charge is 2.30. The maximum atomic E-state index is 13.2. The number of carbonyl (C=O) groups excluding carboxylic acids is 1. The molecule has 2 atom stereocenters. The Morgan fingerprint density at radius 2 is 1.97 bits per heavy atom. The predicted octanol–water partition coefficient (Wildman–Crippen LogP) is 2.25. The van der Waals surface area contributed by atoms with Gasteiger partial charge in [0, 0.05) is 38.7 Å². The molecule has 3 aliphatic heterocycles. The number of ether oxygens (including phenoxy) is 1. The topological polar surface area (TPSA) is 70.8 Å². The molecule has 2 fully saturated rings. The molecule has 0 radical (unpaired) electrons. The average molecular weight is 439 g/mol. The molecule has 3 aliphatic rings. The van der Waals surface area contributed by atoms with E-state index in [1.165, 1.54) is 11.1 Å². The van der Waals surface area contributed by atoms with Crippen LogP contribution in [0.5, 0.6) is 0 Å². The van der Waals surface area contributed by atoms with Crippen LogP contribution in [0.15, 0.2) is 34.9 Å². The molecule has 0 spiro atoms. The number of fused-ring (bicyclic) bond motifs is 1. The maximum absolute atomic E-state index is 13.2.